The van der Waals surface area contributed by atoms with Crippen molar-refractivity contribution < 1.29 is 63.5 Å². The van der Waals surface area contributed by atoms with Crippen LogP contribution in [-0.4, -0.2) is 165 Å². The molecular weight excluding hydrogens is 764 g/mol. The number of aliphatic hydroxyl groups excluding tert-OH is 3. The van der Waals surface area contributed by atoms with E-state index in [1.165, 1.54) is 18.9 Å². The molecule has 3 fully saturated rings. The zero-order chi connectivity index (χ0) is 44.4. The van der Waals surface area contributed by atoms with Gasteiger partial charge < -0.3 is 63.8 Å². The predicted molar refractivity (Wildman–Crippen MR) is 219 cm³/mol. The summed E-state index contributed by atoms with van der Waals surface area (Å²) in [5.74, 6) is -3.14. The topological polar surface area (TPSA) is 197 Å². The quantitative estimate of drug-likeness (QED) is 0.240. The van der Waals surface area contributed by atoms with E-state index in [2.05, 4.69) is 0 Å². The van der Waals surface area contributed by atoms with E-state index in [4.69, 9.17) is 28.4 Å². The molecule has 338 valence electrons. The predicted octanol–water partition coefficient (Wildman–Crippen LogP) is 3.11. The van der Waals surface area contributed by atoms with Crippen molar-refractivity contribution in [1.82, 2.24) is 9.80 Å². The molecule has 3 aliphatic heterocycles. The van der Waals surface area contributed by atoms with Gasteiger partial charge in [0.2, 0.25) is 0 Å². The molecule has 0 radical (unpaired) electrons. The molecule has 3 aliphatic rings. The van der Waals surface area contributed by atoms with Crippen LogP contribution in [0.5, 0.6) is 0 Å². The summed E-state index contributed by atoms with van der Waals surface area (Å²) in [6.07, 6.45) is -9.73. The lowest BCUT2D eigenvalue weighted by Gasteiger charge is -2.49. The first-order valence-corrected chi connectivity index (χ1v) is 21.3. The highest BCUT2D eigenvalue weighted by Gasteiger charge is 2.53. The Morgan fingerprint density at radius 3 is 2.17 bits per heavy atom. The van der Waals surface area contributed by atoms with E-state index in [0.29, 0.717) is 18.5 Å². The SMILES string of the molecule is CC[C@H]1OC(=O)[C@H](C)[C@@H](O[C@H]2C[C@@](C)(OC)[C@@H](O)[C@H](C)O2)[C@H](C)[C@@H](O[C@@H]2O[C@H](C)C[C@H](N(C)C(=O)c3ccccc3)[C@H]2O)[C@](C)(O)C[C@@H](C)CN(C)[C@H](C)[C@@H](O)[C@]1(C)O. The fourth-order valence-electron chi connectivity index (χ4n) is 9.54. The molecule has 3 heterocycles. The summed E-state index contributed by atoms with van der Waals surface area (Å²) >= 11 is 0. The first-order chi connectivity index (χ1) is 27.4. The molecule has 1 aromatic rings. The molecule has 0 spiro atoms. The maximum atomic E-state index is 14.3. The Hall–Kier alpha value is -2.28. The third kappa shape index (κ3) is 11.0. The second-order valence-corrected chi connectivity index (χ2v) is 18.5. The Kier molecular flexibility index (Phi) is 16.6. The van der Waals surface area contributed by atoms with Crippen LogP contribution in [0.1, 0.15) is 105 Å². The molecule has 59 heavy (non-hydrogen) atoms. The van der Waals surface area contributed by atoms with Gasteiger partial charge in [0, 0.05) is 44.6 Å². The van der Waals surface area contributed by atoms with E-state index in [-0.39, 0.29) is 31.1 Å². The second-order valence-electron chi connectivity index (χ2n) is 18.5. The van der Waals surface area contributed by atoms with Crippen molar-refractivity contribution >= 4 is 11.9 Å². The van der Waals surface area contributed by atoms with Gasteiger partial charge in [-0.2, -0.15) is 0 Å². The van der Waals surface area contributed by atoms with Crippen LogP contribution in [0.4, 0.5) is 0 Å². The van der Waals surface area contributed by atoms with Crippen molar-refractivity contribution in [2.45, 2.75) is 185 Å². The summed E-state index contributed by atoms with van der Waals surface area (Å²) in [5.41, 5.74) is -4.10. The number of nitrogens with zero attached hydrogens (tertiary/aromatic N) is 2. The number of carbonyl (C=O) groups excluding carboxylic acids is 2. The molecule has 18 atom stereocenters. The minimum absolute atomic E-state index is 0.0904. The molecule has 1 amide bonds. The number of rotatable bonds is 8. The normalized spacial score (nSPS) is 44.8. The fourth-order valence-corrected chi connectivity index (χ4v) is 9.54. The van der Waals surface area contributed by atoms with Crippen molar-refractivity contribution in [3.8, 4) is 0 Å². The smallest absolute Gasteiger partial charge is 0.311 e. The van der Waals surface area contributed by atoms with Crippen molar-refractivity contribution in [3.05, 3.63) is 35.9 Å². The highest BCUT2D eigenvalue weighted by Crippen LogP contribution is 2.40. The Labute approximate surface area is 351 Å². The van der Waals surface area contributed by atoms with Gasteiger partial charge in [0.15, 0.2) is 12.6 Å². The number of likely N-dealkylation sites (N-methyl/N-ethyl adjacent to an activating group) is 2. The number of cyclic esters (lactones) is 1. The maximum Gasteiger partial charge on any atom is 0.311 e. The zero-order valence-corrected chi connectivity index (χ0v) is 37.5. The molecule has 4 rings (SSSR count). The largest absolute Gasteiger partial charge is 0.459 e. The van der Waals surface area contributed by atoms with Gasteiger partial charge in [-0.05, 0) is 92.8 Å². The lowest BCUT2D eigenvalue weighted by molar-refractivity contribution is -0.317. The van der Waals surface area contributed by atoms with E-state index in [1.807, 2.05) is 31.9 Å². The number of methoxy groups -OCH3 is 1. The van der Waals surface area contributed by atoms with Crippen LogP contribution in [0.15, 0.2) is 30.3 Å². The Morgan fingerprint density at radius 2 is 1.58 bits per heavy atom. The summed E-state index contributed by atoms with van der Waals surface area (Å²) in [6, 6.07) is 7.49. The van der Waals surface area contributed by atoms with Crippen LogP contribution in [0.25, 0.3) is 0 Å². The minimum Gasteiger partial charge on any atom is -0.459 e. The molecule has 15 nitrogen and oxygen atoms in total. The number of aliphatic hydroxyl groups is 5. The molecule has 0 bridgehead atoms. The molecular formula is C44H74N2O13. The number of hydrogen-bond donors (Lipinski definition) is 5. The Balaban J connectivity index is 1.81. The number of carbonyl (C=O) groups is 2. The number of benzene rings is 1. The monoisotopic (exact) mass is 839 g/mol. The van der Waals surface area contributed by atoms with E-state index in [1.54, 1.807) is 79.8 Å². The van der Waals surface area contributed by atoms with Crippen LogP contribution in [-0.2, 0) is 33.2 Å². The van der Waals surface area contributed by atoms with Crippen LogP contribution in [0, 0.1) is 17.8 Å². The number of ether oxygens (including phenoxy) is 6. The van der Waals surface area contributed by atoms with E-state index < -0.39 is 108 Å². The number of hydrogen-bond acceptors (Lipinski definition) is 14. The van der Waals surface area contributed by atoms with Crippen molar-refractivity contribution in [1.29, 1.82) is 0 Å². The third-order valence-corrected chi connectivity index (χ3v) is 13.4. The molecule has 5 N–H and O–H groups in total. The van der Waals surface area contributed by atoms with E-state index in [0.717, 1.165) is 0 Å². The lowest BCUT2D eigenvalue weighted by Crippen LogP contribution is -2.61. The van der Waals surface area contributed by atoms with Gasteiger partial charge in [-0.3, -0.25) is 9.59 Å². The summed E-state index contributed by atoms with van der Waals surface area (Å²) in [7, 11) is 4.94. The first kappa shape index (κ1) is 49.4. The minimum atomic E-state index is -1.84. The number of amides is 1. The van der Waals surface area contributed by atoms with Crippen LogP contribution >= 0.6 is 0 Å². The van der Waals surface area contributed by atoms with Gasteiger partial charge in [-0.1, -0.05) is 39.0 Å². The van der Waals surface area contributed by atoms with Gasteiger partial charge >= 0.3 is 5.97 Å². The Morgan fingerprint density at radius 1 is 0.949 bits per heavy atom. The molecule has 0 aromatic heterocycles. The van der Waals surface area contributed by atoms with Gasteiger partial charge in [0.25, 0.3) is 5.91 Å². The maximum absolute atomic E-state index is 14.3. The van der Waals surface area contributed by atoms with E-state index in [9.17, 15) is 35.1 Å². The standard InChI is InChI=1S/C44H74N2O13/c1-14-32-44(10,53)36(48)28(6)45(11)23-24(2)21-42(8,52)38(59-41-34(47)31(20-25(3)55-41)46(12)39(50)30-18-16-15-17-19-30)26(4)35(27(5)40(51)57-32)58-33-22-43(9,54-13)37(49)29(7)56-33/h15-19,24-29,31-38,41,47-49,52-53H,14,20-23H2,1-13H3/t24-,25-,26+,27-,28-,29+,31+,32-,33+,34-,35+,36-,37+,38-,41+,42-,43-,44-/m1/s1. The van der Waals surface area contributed by atoms with Gasteiger partial charge in [0.05, 0.1) is 47.6 Å². The second kappa shape index (κ2) is 19.8. The number of esters is 1. The summed E-state index contributed by atoms with van der Waals surface area (Å²) < 4.78 is 37.8. The highest BCUT2D eigenvalue weighted by atomic mass is 16.7. The molecule has 15 heteroatoms. The Bertz CT molecular complexity index is 1520. The summed E-state index contributed by atoms with van der Waals surface area (Å²) in [4.78, 5) is 31.3. The molecule has 0 aliphatic carbocycles. The van der Waals surface area contributed by atoms with Crippen LogP contribution in [0.2, 0.25) is 0 Å². The lowest BCUT2D eigenvalue weighted by atomic mass is 9.77. The van der Waals surface area contributed by atoms with Gasteiger partial charge in [-0.15, -0.1) is 0 Å². The molecule has 0 unspecified atom stereocenters. The van der Waals surface area contributed by atoms with Crippen molar-refractivity contribution in [2.75, 3.05) is 27.7 Å². The van der Waals surface area contributed by atoms with Crippen molar-refractivity contribution in [3.63, 3.8) is 0 Å². The first-order valence-electron chi connectivity index (χ1n) is 21.3. The van der Waals surface area contributed by atoms with Crippen molar-refractivity contribution in [2.24, 2.45) is 17.8 Å². The average Bonchev–Trinajstić information content (AvgIpc) is 3.18. The van der Waals surface area contributed by atoms with Gasteiger partial charge in [0.1, 0.15) is 30.0 Å². The summed E-state index contributed by atoms with van der Waals surface area (Å²) in [5, 5.41) is 59.0. The average molecular weight is 839 g/mol. The highest BCUT2D eigenvalue weighted by molar-refractivity contribution is 5.94. The van der Waals surface area contributed by atoms with E-state index >= 15 is 0 Å². The molecule has 0 saturated carbocycles. The van der Waals surface area contributed by atoms with Crippen LogP contribution < -0.4 is 0 Å². The third-order valence-electron chi connectivity index (χ3n) is 13.4. The fraction of sp³-hybridized carbons (Fsp3) is 0.818. The zero-order valence-electron chi connectivity index (χ0n) is 37.5. The van der Waals surface area contributed by atoms with Gasteiger partial charge in [-0.25, -0.2) is 0 Å². The van der Waals surface area contributed by atoms with Crippen LogP contribution in [0.3, 0.4) is 0 Å². The summed E-state index contributed by atoms with van der Waals surface area (Å²) in [6.45, 7) is 17.7. The molecule has 3 saturated heterocycles. The molecule has 1 aromatic carbocycles.